The van der Waals surface area contributed by atoms with E-state index in [1.165, 1.54) is 5.69 Å². The number of para-hydroxylation sites is 2. The standard InChI is InChI=1S/C15H23N3O/c1-19-15-7-3-2-6-14(15)18-12-10-17(11-13-18)9-5-4-8-16/h2-7H,8-13,16H2,1H3/b5-4+. The first-order chi connectivity index (χ1) is 9.35. The molecule has 0 saturated carbocycles. The number of hydrogen-bond acceptors (Lipinski definition) is 4. The first-order valence-electron chi connectivity index (χ1n) is 6.80. The van der Waals surface area contributed by atoms with Crippen molar-refractivity contribution in [2.45, 2.75) is 0 Å². The smallest absolute Gasteiger partial charge is 0.142 e. The molecule has 1 heterocycles. The average Bonchev–Trinajstić information content (AvgIpc) is 2.48. The lowest BCUT2D eigenvalue weighted by Gasteiger charge is -2.36. The lowest BCUT2D eigenvalue weighted by Crippen LogP contribution is -2.46. The molecule has 1 aromatic carbocycles. The fourth-order valence-electron chi connectivity index (χ4n) is 2.38. The van der Waals surface area contributed by atoms with Crippen molar-refractivity contribution in [3.8, 4) is 5.75 Å². The third-order valence-electron chi connectivity index (χ3n) is 3.46. The summed E-state index contributed by atoms with van der Waals surface area (Å²) in [6.07, 6.45) is 4.17. The van der Waals surface area contributed by atoms with Gasteiger partial charge in [0, 0.05) is 39.3 Å². The minimum absolute atomic E-state index is 0.626. The predicted molar refractivity (Wildman–Crippen MR) is 79.8 cm³/mol. The first kappa shape index (κ1) is 13.9. The minimum Gasteiger partial charge on any atom is -0.495 e. The van der Waals surface area contributed by atoms with Gasteiger partial charge in [0.1, 0.15) is 5.75 Å². The van der Waals surface area contributed by atoms with Gasteiger partial charge < -0.3 is 15.4 Å². The van der Waals surface area contributed by atoms with E-state index in [4.69, 9.17) is 10.5 Å². The monoisotopic (exact) mass is 261 g/mol. The van der Waals surface area contributed by atoms with Crippen LogP contribution in [0.4, 0.5) is 5.69 Å². The summed E-state index contributed by atoms with van der Waals surface area (Å²) in [7, 11) is 1.73. The molecular formula is C15H23N3O. The van der Waals surface area contributed by atoms with Crippen LogP contribution in [0.3, 0.4) is 0 Å². The van der Waals surface area contributed by atoms with Gasteiger partial charge in [-0.1, -0.05) is 24.3 Å². The number of ether oxygens (including phenoxy) is 1. The molecule has 1 aromatic rings. The van der Waals surface area contributed by atoms with E-state index < -0.39 is 0 Å². The summed E-state index contributed by atoms with van der Waals surface area (Å²) in [6.45, 7) is 5.85. The molecule has 1 aliphatic heterocycles. The third-order valence-corrected chi connectivity index (χ3v) is 3.46. The summed E-state index contributed by atoms with van der Waals surface area (Å²) >= 11 is 0. The molecule has 0 atom stereocenters. The van der Waals surface area contributed by atoms with Crippen molar-refractivity contribution in [1.29, 1.82) is 0 Å². The van der Waals surface area contributed by atoms with E-state index >= 15 is 0 Å². The van der Waals surface area contributed by atoms with Crippen molar-refractivity contribution in [3.05, 3.63) is 36.4 Å². The Kier molecular flexibility index (Phi) is 5.24. The van der Waals surface area contributed by atoms with Crippen LogP contribution in [-0.2, 0) is 0 Å². The molecule has 104 valence electrons. The molecule has 0 aliphatic carbocycles. The molecule has 1 fully saturated rings. The zero-order valence-electron chi connectivity index (χ0n) is 11.6. The van der Waals surface area contributed by atoms with Crippen molar-refractivity contribution in [2.75, 3.05) is 51.3 Å². The molecule has 0 spiro atoms. The molecule has 1 aliphatic rings. The van der Waals surface area contributed by atoms with Crippen molar-refractivity contribution >= 4 is 5.69 Å². The Morgan fingerprint density at radius 3 is 2.58 bits per heavy atom. The summed E-state index contributed by atoms with van der Waals surface area (Å²) in [5.41, 5.74) is 6.64. The van der Waals surface area contributed by atoms with Gasteiger partial charge in [-0.05, 0) is 12.1 Å². The number of rotatable bonds is 5. The maximum absolute atomic E-state index is 5.45. The van der Waals surface area contributed by atoms with E-state index in [-0.39, 0.29) is 0 Å². The molecule has 2 rings (SSSR count). The molecule has 4 nitrogen and oxygen atoms in total. The topological polar surface area (TPSA) is 41.7 Å². The summed E-state index contributed by atoms with van der Waals surface area (Å²) < 4.78 is 5.42. The van der Waals surface area contributed by atoms with Gasteiger partial charge in [0.05, 0.1) is 12.8 Å². The van der Waals surface area contributed by atoms with Crippen LogP contribution in [0.2, 0.25) is 0 Å². The Morgan fingerprint density at radius 1 is 1.16 bits per heavy atom. The van der Waals surface area contributed by atoms with Gasteiger partial charge in [-0.15, -0.1) is 0 Å². The number of nitrogens with two attached hydrogens (primary N) is 1. The highest BCUT2D eigenvalue weighted by Crippen LogP contribution is 2.28. The second kappa shape index (κ2) is 7.16. The zero-order valence-corrected chi connectivity index (χ0v) is 11.6. The van der Waals surface area contributed by atoms with Crippen molar-refractivity contribution in [1.82, 2.24) is 4.90 Å². The molecule has 0 bridgehead atoms. The molecule has 2 N–H and O–H groups in total. The lowest BCUT2D eigenvalue weighted by atomic mass is 10.2. The van der Waals surface area contributed by atoms with Crippen molar-refractivity contribution in [3.63, 3.8) is 0 Å². The van der Waals surface area contributed by atoms with Gasteiger partial charge in [0.15, 0.2) is 0 Å². The van der Waals surface area contributed by atoms with E-state index in [9.17, 15) is 0 Å². The van der Waals surface area contributed by atoms with E-state index in [1.54, 1.807) is 7.11 Å². The zero-order chi connectivity index (χ0) is 13.5. The molecule has 4 heteroatoms. The number of methoxy groups -OCH3 is 1. The predicted octanol–water partition coefficient (Wildman–Crippen LogP) is 1.33. The van der Waals surface area contributed by atoms with Crippen LogP contribution in [0.1, 0.15) is 0 Å². The molecule has 0 radical (unpaired) electrons. The SMILES string of the molecule is COc1ccccc1N1CCN(C/C=C/CN)CC1. The van der Waals surface area contributed by atoms with Crippen LogP contribution in [0, 0.1) is 0 Å². The maximum Gasteiger partial charge on any atom is 0.142 e. The van der Waals surface area contributed by atoms with Crippen molar-refractivity contribution < 1.29 is 4.74 Å². The highest BCUT2D eigenvalue weighted by atomic mass is 16.5. The Balaban J connectivity index is 1.90. The Labute approximate surface area is 115 Å². The minimum atomic E-state index is 0.626. The van der Waals surface area contributed by atoms with E-state index in [1.807, 2.05) is 18.2 Å². The molecule has 0 amide bonds. The highest BCUT2D eigenvalue weighted by Gasteiger charge is 2.18. The van der Waals surface area contributed by atoms with Crippen LogP contribution < -0.4 is 15.4 Å². The number of hydrogen-bond donors (Lipinski definition) is 1. The molecule has 0 aromatic heterocycles. The Morgan fingerprint density at radius 2 is 1.89 bits per heavy atom. The number of piperazine rings is 1. The van der Waals surface area contributed by atoms with Gasteiger partial charge in [0.2, 0.25) is 0 Å². The van der Waals surface area contributed by atoms with Gasteiger partial charge in [-0.25, -0.2) is 0 Å². The number of anilines is 1. The van der Waals surface area contributed by atoms with Gasteiger partial charge >= 0.3 is 0 Å². The summed E-state index contributed by atoms with van der Waals surface area (Å²) in [6, 6.07) is 8.22. The Bertz CT molecular complexity index is 412. The summed E-state index contributed by atoms with van der Waals surface area (Å²) in [4.78, 5) is 4.83. The average molecular weight is 261 g/mol. The lowest BCUT2D eigenvalue weighted by molar-refractivity contribution is 0.282. The van der Waals surface area contributed by atoms with Gasteiger partial charge in [0.25, 0.3) is 0 Å². The van der Waals surface area contributed by atoms with Crippen LogP contribution in [0.15, 0.2) is 36.4 Å². The summed E-state index contributed by atoms with van der Waals surface area (Å²) in [5.74, 6) is 0.957. The molecule has 19 heavy (non-hydrogen) atoms. The van der Waals surface area contributed by atoms with Crippen LogP contribution >= 0.6 is 0 Å². The van der Waals surface area contributed by atoms with Crippen LogP contribution in [-0.4, -0.2) is 51.3 Å². The first-order valence-corrected chi connectivity index (χ1v) is 6.80. The third kappa shape index (κ3) is 3.72. The number of nitrogens with zero attached hydrogens (tertiary/aromatic N) is 2. The van der Waals surface area contributed by atoms with E-state index in [0.29, 0.717) is 6.54 Å². The Hall–Kier alpha value is -1.52. The fraction of sp³-hybridized carbons (Fsp3) is 0.467. The normalized spacial score (nSPS) is 17.1. The fourth-order valence-corrected chi connectivity index (χ4v) is 2.38. The second-order valence-electron chi connectivity index (χ2n) is 4.67. The molecule has 0 unspecified atom stereocenters. The van der Waals surface area contributed by atoms with Gasteiger partial charge in [-0.3, -0.25) is 4.90 Å². The van der Waals surface area contributed by atoms with Gasteiger partial charge in [-0.2, -0.15) is 0 Å². The van der Waals surface area contributed by atoms with E-state index in [0.717, 1.165) is 38.5 Å². The maximum atomic E-state index is 5.45. The van der Waals surface area contributed by atoms with E-state index in [2.05, 4.69) is 28.0 Å². The second-order valence-corrected chi connectivity index (χ2v) is 4.67. The number of benzene rings is 1. The van der Waals surface area contributed by atoms with Crippen molar-refractivity contribution in [2.24, 2.45) is 5.73 Å². The molecular weight excluding hydrogens is 238 g/mol. The quantitative estimate of drug-likeness (QED) is 0.812. The van der Waals surface area contributed by atoms with Crippen LogP contribution in [0.25, 0.3) is 0 Å². The molecule has 1 saturated heterocycles. The largest absolute Gasteiger partial charge is 0.495 e. The van der Waals surface area contributed by atoms with Crippen LogP contribution in [0.5, 0.6) is 5.75 Å². The highest BCUT2D eigenvalue weighted by molar-refractivity contribution is 5.58. The summed E-state index contributed by atoms with van der Waals surface area (Å²) in [5, 5.41) is 0.